The summed E-state index contributed by atoms with van der Waals surface area (Å²) in [5.74, 6) is -0.816. The zero-order valence-electron chi connectivity index (χ0n) is 20.7. The van der Waals surface area contributed by atoms with E-state index in [1.807, 2.05) is 0 Å². The van der Waals surface area contributed by atoms with Crippen LogP contribution in [0.5, 0.6) is 0 Å². The van der Waals surface area contributed by atoms with Crippen molar-refractivity contribution in [3.05, 3.63) is 87.6 Å². The minimum Gasteiger partial charge on any atom is -0.371 e. The molecule has 1 amide bonds. The van der Waals surface area contributed by atoms with Gasteiger partial charge in [-0.05, 0) is 29.7 Å². The first kappa shape index (κ1) is 31.9. The van der Waals surface area contributed by atoms with Gasteiger partial charge >= 0.3 is 24.2 Å². The van der Waals surface area contributed by atoms with Gasteiger partial charge in [0.1, 0.15) is 0 Å². The number of amides is 1. The maximum Gasteiger partial charge on any atom is 0.435 e. The highest BCUT2D eigenvalue weighted by atomic mass is 35.5. The number of carbonyl (C=O) groups is 1. The number of nitrogens with zero attached hydrogens (tertiary/aromatic N) is 3. The van der Waals surface area contributed by atoms with Crippen LogP contribution in [0.15, 0.2) is 54.6 Å². The van der Waals surface area contributed by atoms with Crippen LogP contribution < -0.4 is 5.32 Å². The van der Waals surface area contributed by atoms with Gasteiger partial charge in [0.2, 0.25) is 0 Å². The number of carbonyl (C=O) groups excluding carboxylic acids is 1. The average molecular weight is 617 g/mol. The molecule has 0 bridgehead atoms. The van der Waals surface area contributed by atoms with Crippen LogP contribution in [0.4, 0.5) is 49.7 Å². The minimum absolute atomic E-state index is 0.00281. The topological polar surface area (TPSA) is 58.1 Å². The molecule has 41 heavy (non-hydrogen) atoms. The molecule has 0 aliphatic carbocycles. The smallest absolute Gasteiger partial charge is 0.371 e. The minimum atomic E-state index is -6.31. The molecule has 0 radical (unpaired) electrons. The summed E-state index contributed by atoms with van der Waals surface area (Å²) < 4.78 is 132. The molecule has 0 fully saturated rings. The van der Waals surface area contributed by atoms with Crippen molar-refractivity contribution < 1.29 is 48.7 Å². The summed E-state index contributed by atoms with van der Waals surface area (Å²) >= 11 is 5.85. The lowest BCUT2D eigenvalue weighted by atomic mass is 9.93. The van der Waals surface area contributed by atoms with Crippen LogP contribution in [0.3, 0.4) is 0 Å². The number of hydrogen-bond donors (Lipinski definition) is 1. The van der Waals surface area contributed by atoms with Gasteiger partial charge in [-0.15, -0.1) is 10.2 Å². The Labute approximate surface area is 231 Å². The zero-order chi connectivity index (χ0) is 30.8. The second-order valence-electron chi connectivity index (χ2n) is 8.71. The third-order valence-electron chi connectivity index (χ3n) is 5.95. The number of alkyl halides is 10. The van der Waals surface area contributed by atoms with E-state index in [1.165, 1.54) is 19.2 Å². The van der Waals surface area contributed by atoms with Crippen molar-refractivity contribution in [2.45, 2.75) is 37.2 Å². The van der Waals surface area contributed by atoms with Gasteiger partial charge in [0.15, 0.2) is 11.0 Å². The van der Waals surface area contributed by atoms with Gasteiger partial charge in [-0.2, -0.15) is 39.5 Å². The molecule has 1 aromatic heterocycles. The summed E-state index contributed by atoms with van der Waals surface area (Å²) in [7, 11) is 1.41. The van der Waals surface area contributed by atoms with E-state index in [0.717, 1.165) is 35.2 Å². The Bertz CT molecular complexity index is 1360. The van der Waals surface area contributed by atoms with Gasteiger partial charge in [-0.3, -0.25) is 4.79 Å². The molecule has 0 saturated heterocycles. The Hall–Kier alpha value is -3.62. The van der Waals surface area contributed by atoms with Gasteiger partial charge < -0.3 is 10.2 Å². The molecule has 0 aliphatic heterocycles. The van der Waals surface area contributed by atoms with E-state index in [-0.39, 0.29) is 40.6 Å². The van der Waals surface area contributed by atoms with Crippen LogP contribution in [0.2, 0.25) is 5.15 Å². The molecule has 2 aromatic carbocycles. The van der Waals surface area contributed by atoms with Crippen molar-refractivity contribution in [3.63, 3.8) is 0 Å². The number of nitrogens with one attached hydrogen (secondary N) is 1. The molecular weight excluding hydrogens is 598 g/mol. The molecule has 1 N–H and O–H groups in total. The van der Waals surface area contributed by atoms with Crippen LogP contribution in [-0.4, -0.2) is 46.9 Å². The Balaban J connectivity index is 1.96. The zero-order valence-corrected chi connectivity index (χ0v) is 21.5. The molecule has 5 nitrogen and oxygen atoms in total. The fraction of sp³-hybridized carbons (Fsp3) is 0.320. The molecule has 3 rings (SSSR count). The molecule has 0 aliphatic rings. The summed E-state index contributed by atoms with van der Waals surface area (Å²) in [6.45, 7) is -0.679. The lowest BCUT2D eigenvalue weighted by Gasteiger charge is -2.30. The number of rotatable bonds is 8. The summed E-state index contributed by atoms with van der Waals surface area (Å²) in [6, 6.07) is 7.58. The van der Waals surface area contributed by atoms with Gasteiger partial charge in [-0.1, -0.05) is 54.1 Å². The van der Waals surface area contributed by atoms with Crippen LogP contribution in [0.25, 0.3) is 0 Å². The fourth-order valence-electron chi connectivity index (χ4n) is 3.85. The van der Waals surface area contributed by atoms with Crippen LogP contribution in [0.1, 0.15) is 32.6 Å². The van der Waals surface area contributed by atoms with Crippen molar-refractivity contribution in [1.29, 1.82) is 0 Å². The first-order valence-electron chi connectivity index (χ1n) is 11.5. The van der Waals surface area contributed by atoms with Crippen molar-refractivity contribution in [1.82, 2.24) is 15.1 Å². The maximum absolute atomic E-state index is 14.4. The Morgan fingerprint density at radius 1 is 0.829 bits per heavy atom. The highest BCUT2D eigenvalue weighted by Gasteiger charge is 2.73. The normalized spacial score (nSPS) is 12.8. The van der Waals surface area contributed by atoms with E-state index in [4.69, 9.17) is 11.6 Å². The molecule has 0 atom stereocenters. The summed E-state index contributed by atoms with van der Waals surface area (Å²) in [5, 5.41) is 9.75. The maximum atomic E-state index is 14.4. The Kier molecular flexibility index (Phi) is 9.11. The number of anilines is 1. The molecule has 3 aromatic rings. The monoisotopic (exact) mass is 616 g/mol. The first-order chi connectivity index (χ1) is 18.9. The van der Waals surface area contributed by atoms with Crippen molar-refractivity contribution >= 4 is 23.3 Å². The van der Waals surface area contributed by atoms with Crippen LogP contribution in [-0.2, 0) is 24.8 Å². The van der Waals surface area contributed by atoms with Gasteiger partial charge in [-0.25, -0.2) is 4.39 Å². The first-order valence-corrected chi connectivity index (χ1v) is 11.8. The Morgan fingerprint density at radius 2 is 1.44 bits per heavy atom. The van der Waals surface area contributed by atoms with E-state index in [0.29, 0.717) is 12.1 Å². The Morgan fingerprint density at radius 3 is 1.98 bits per heavy atom. The van der Waals surface area contributed by atoms with Crippen LogP contribution in [0, 0.1) is 0 Å². The highest BCUT2D eigenvalue weighted by molar-refractivity contribution is 6.29. The average Bonchev–Trinajstić information content (AvgIpc) is 2.89. The van der Waals surface area contributed by atoms with E-state index < -0.39 is 47.8 Å². The van der Waals surface area contributed by atoms with Crippen molar-refractivity contribution in [3.8, 4) is 0 Å². The quantitative estimate of drug-likeness (QED) is 0.269. The van der Waals surface area contributed by atoms with E-state index in [1.54, 1.807) is 0 Å². The third kappa shape index (κ3) is 7.00. The summed E-state index contributed by atoms with van der Waals surface area (Å²) in [5.41, 5.74) is -8.23. The van der Waals surface area contributed by atoms with Crippen LogP contribution >= 0.6 is 11.6 Å². The van der Waals surface area contributed by atoms with E-state index >= 15 is 0 Å². The van der Waals surface area contributed by atoms with Crippen molar-refractivity contribution in [2.24, 2.45) is 0 Å². The lowest BCUT2D eigenvalue weighted by molar-refractivity contribution is -0.348. The number of benzene rings is 2. The van der Waals surface area contributed by atoms with E-state index in [2.05, 4.69) is 15.5 Å². The molecule has 0 spiro atoms. The lowest BCUT2D eigenvalue weighted by Crippen LogP contribution is -2.50. The molecule has 16 heteroatoms. The summed E-state index contributed by atoms with van der Waals surface area (Å²) in [4.78, 5) is 14.5. The fourth-order valence-corrected chi connectivity index (χ4v) is 4.00. The highest BCUT2D eigenvalue weighted by Crippen LogP contribution is 2.53. The second kappa shape index (κ2) is 11.7. The van der Waals surface area contributed by atoms with Gasteiger partial charge in [0, 0.05) is 25.7 Å². The SMILES string of the molecule is CNc1nnc(Cl)cc1C(=O)N(CCc1cccc(C(F)(F)F)c1)Cc1ccc(C(F)(C(F)(F)F)C(F)(F)F)cc1. The standard InChI is InChI=1S/C25H19ClF10N4O/c1-37-20-18(12-19(26)38-39-20)21(41)40(10-9-14-3-2-4-17(11-14)23(28,29)30)13-15-5-7-16(8-6-15)22(27,24(31,32)33)25(34,35)36/h2-8,11-12H,9-10,13H2,1H3,(H,37,39). The molecule has 222 valence electrons. The largest absolute Gasteiger partial charge is 0.435 e. The number of aromatic nitrogens is 2. The second-order valence-corrected chi connectivity index (χ2v) is 9.09. The van der Waals surface area contributed by atoms with Gasteiger partial charge in [0.05, 0.1) is 11.1 Å². The molecule has 0 saturated carbocycles. The predicted octanol–water partition coefficient (Wildman–Crippen LogP) is 7.37. The number of halogens is 11. The molecule has 1 heterocycles. The number of hydrogen-bond acceptors (Lipinski definition) is 4. The van der Waals surface area contributed by atoms with Crippen molar-refractivity contribution in [2.75, 3.05) is 18.9 Å². The molecular formula is C25H19ClF10N4O. The van der Waals surface area contributed by atoms with E-state index in [9.17, 15) is 48.7 Å². The van der Waals surface area contributed by atoms with Gasteiger partial charge in [0.25, 0.3) is 5.91 Å². The summed E-state index contributed by atoms with van der Waals surface area (Å²) in [6.07, 6.45) is -17.4. The molecule has 0 unspecified atom stereocenters. The predicted molar refractivity (Wildman–Crippen MR) is 128 cm³/mol. The third-order valence-corrected chi connectivity index (χ3v) is 6.13.